The zero-order valence-corrected chi connectivity index (χ0v) is 20.0. The number of aryl methyl sites for hydroxylation is 2. The summed E-state index contributed by atoms with van der Waals surface area (Å²) in [4.78, 5) is 14.6. The van der Waals surface area contributed by atoms with Gasteiger partial charge in [-0.25, -0.2) is 8.42 Å². The molecule has 1 aromatic carbocycles. The molecular formula is C23H32N4O3S. The number of carbonyl (C=O) groups is 1. The van der Waals surface area contributed by atoms with E-state index >= 15 is 0 Å². The number of aromatic nitrogens is 2. The predicted molar refractivity (Wildman–Crippen MR) is 122 cm³/mol. The second kappa shape index (κ2) is 8.59. The highest BCUT2D eigenvalue weighted by atomic mass is 32.2. The third-order valence-electron chi connectivity index (χ3n) is 5.87. The van der Waals surface area contributed by atoms with E-state index in [0.29, 0.717) is 18.0 Å². The van der Waals surface area contributed by atoms with E-state index in [1.54, 1.807) is 33.9 Å². The first-order valence-electron chi connectivity index (χ1n) is 10.5. The van der Waals surface area contributed by atoms with Gasteiger partial charge in [-0.3, -0.25) is 9.48 Å². The first kappa shape index (κ1) is 23.2. The Hall–Kier alpha value is -2.45. The zero-order valence-electron chi connectivity index (χ0n) is 19.2. The molecule has 0 saturated carbocycles. The molecule has 3 rings (SSSR count). The van der Waals surface area contributed by atoms with Crippen LogP contribution in [-0.2, 0) is 27.3 Å². The van der Waals surface area contributed by atoms with Crippen molar-refractivity contribution in [3.63, 3.8) is 0 Å². The van der Waals surface area contributed by atoms with E-state index < -0.39 is 10.0 Å². The molecule has 0 atom stereocenters. The van der Waals surface area contributed by atoms with E-state index in [0.717, 1.165) is 22.5 Å². The maximum atomic E-state index is 13.0. The number of carbonyl (C=O) groups excluding carboxylic acids is 1. The Morgan fingerprint density at radius 2 is 1.61 bits per heavy atom. The number of rotatable bonds is 4. The molecule has 1 amide bonds. The Bertz CT molecular complexity index is 1090. The van der Waals surface area contributed by atoms with Gasteiger partial charge >= 0.3 is 0 Å². The summed E-state index contributed by atoms with van der Waals surface area (Å²) in [6.07, 6.45) is 3.34. The van der Waals surface area contributed by atoms with Gasteiger partial charge in [-0.2, -0.15) is 9.40 Å². The summed E-state index contributed by atoms with van der Waals surface area (Å²) in [5.41, 5.74) is 3.87. The van der Waals surface area contributed by atoms with Gasteiger partial charge in [0.25, 0.3) is 0 Å². The molecule has 1 aliphatic heterocycles. The molecule has 0 unspecified atom stereocenters. The van der Waals surface area contributed by atoms with Crippen LogP contribution in [0.25, 0.3) is 6.08 Å². The van der Waals surface area contributed by atoms with Crippen molar-refractivity contribution in [2.75, 3.05) is 26.2 Å². The first-order chi connectivity index (χ1) is 14.4. The molecule has 31 heavy (non-hydrogen) atoms. The fraction of sp³-hybridized carbons (Fsp3) is 0.478. The molecule has 7 nitrogen and oxygen atoms in total. The molecule has 0 bridgehead atoms. The Labute approximate surface area is 185 Å². The van der Waals surface area contributed by atoms with Crippen LogP contribution in [0.15, 0.2) is 35.2 Å². The van der Waals surface area contributed by atoms with E-state index in [-0.39, 0.29) is 24.4 Å². The molecule has 0 aliphatic carbocycles. The van der Waals surface area contributed by atoms with Crippen LogP contribution in [0.2, 0.25) is 0 Å². The Morgan fingerprint density at radius 3 is 2.10 bits per heavy atom. The van der Waals surface area contributed by atoms with Crippen LogP contribution in [0, 0.1) is 13.8 Å². The molecule has 2 aromatic rings. The highest BCUT2D eigenvalue weighted by Gasteiger charge is 2.30. The second-order valence-corrected chi connectivity index (χ2v) is 11.0. The summed E-state index contributed by atoms with van der Waals surface area (Å²) in [6.45, 7) is 11.5. The molecule has 0 radical (unpaired) electrons. The van der Waals surface area contributed by atoms with E-state index in [2.05, 4.69) is 25.9 Å². The van der Waals surface area contributed by atoms with Crippen molar-refractivity contribution in [2.24, 2.45) is 7.05 Å². The van der Waals surface area contributed by atoms with Gasteiger partial charge in [0.2, 0.25) is 15.9 Å². The molecule has 0 spiro atoms. The maximum absolute atomic E-state index is 13.0. The molecule has 1 aromatic heterocycles. The minimum absolute atomic E-state index is 0.0330. The lowest BCUT2D eigenvalue weighted by atomic mass is 9.87. The normalized spacial score (nSPS) is 16.3. The monoisotopic (exact) mass is 444 g/mol. The quantitative estimate of drug-likeness (QED) is 0.680. The predicted octanol–water partition coefficient (Wildman–Crippen LogP) is 2.88. The van der Waals surface area contributed by atoms with Gasteiger partial charge in [0.1, 0.15) is 0 Å². The average Bonchev–Trinajstić information content (AvgIpc) is 2.97. The standard InChI is InChI=1S/C23H32N4O3S/c1-17-21(18(2)25(6)24-17)11-12-22(28)26-13-15-27(16-14-26)31(29,30)20-9-7-19(8-10-20)23(3,4)5/h7-12H,13-16H2,1-6H3/b12-11+. The van der Waals surface area contributed by atoms with Crippen molar-refractivity contribution in [3.05, 3.63) is 52.9 Å². The van der Waals surface area contributed by atoms with Gasteiger partial charge in [-0.15, -0.1) is 0 Å². The van der Waals surface area contributed by atoms with Crippen LogP contribution < -0.4 is 0 Å². The van der Waals surface area contributed by atoms with E-state index in [9.17, 15) is 13.2 Å². The number of hydrogen-bond acceptors (Lipinski definition) is 4. The average molecular weight is 445 g/mol. The summed E-state index contributed by atoms with van der Waals surface area (Å²) in [5.74, 6) is -0.116. The lowest BCUT2D eigenvalue weighted by Crippen LogP contribution is -2.50. The van der Waals surface area contributed by atoms with Gasteiger partial charge in [-0.1, -0.05) is 32.9 Å². The van der Waals surface area contributed by atoms with Crippen molar-refractivity contribution in [1.82, 2.24) is 19.0 Å². The first-order valence-corrected chi connectivity index (χ1v) is 11.9. The van der Waals surface area contributed by atoms with Gasteiger partial charge < -0.3 is 4.90 Å². The van der Waals surface area contributed by atoms with E-state index in [1.807, 2.05) is 33.0 Å². The fourth-order valence-corrected chi connectivity index (χ4v) is 5.14. The van der Waals surface area contributed by atoms with Crippen LogP contribution >= 0.6 is 0 Å². The highest BCUT2D eigenvalue weighted by molar-refractivity contribution is 7.89. The summed E-state index contributed by atoms with van der Waals surface area (Å²) in [6, 6.07) is 7.10. The smallest absolute Gasteiger partial charge is 0.246 e. The minimum Gasteiger partial charge on any atom is -0.337 e. The molecule has 1 saturated heterocycles. The Balaban J connectivity index is 1.64. The number of nitrogens with zero attached hydrogens (tertiary/aromatic N) is 4. The van der Waals surface area contributed by atoms with Crippen LogP contribution in [0.4, 0.5) is 0 Å². The molecule has 8 heteroatoms. The van der Waals surface area contributed by atoms with Gasteiger partial charge in [0, 0.05) is 50.6 Å². The van der Waals surface area contributed by atoms with Crippen molar-refractivity contribution in [3.8, 4) is 0 Å². The second-order valence-electron chi connectivity index (χ2n) is 9.05. The van der Waals surface area contributed by atoms with Crippen molar-refractivity contribution < 1.29 is 13.2 Å². The zero-order chi connectivity index (χ0) is 23.0. The Morgan fingerprint density at radius 1 is 1.03 bits per heavy atom. The molecule has 2 heterocycles. The topological polar surface area (TPSA) is 75.5 Å². The number of piperazine rings is 1. The lowest BCUT2D eigenvalue weighted by Gasteiger charge is -2.33. The van der Waals surface area contributed by atoms with Gasteiger partial charge in [-0.05, 0) is 43.0 Å². The molecule has 168 valence electrons. The largest absolute Gasteiger partial charge is 0.337 e. The number of benzene rings is 1. The van der Waals surface area contributed by atoms with Crippen LogP contribution in [0.5, 0.6) is 0 Å². The molecule has 1 aliphatic rings. The van der Waals surface area contributed by atoms with Crippen molar-refractivity contribution in [2.45, 2.75) is 44.9 Å². The highest BCUT2D eigenvalue weighted by Crippen LogP contribution is 2.25. The summed E-state index contributed by atoms with van der Waals surface area (Å²) in [7, 11) is -1.70. The Kier molecular flexibility index (Phi) is 6.43. The third-order valence-corrected chi connectivity index (χ3v) is 7.78. The number of sulfonamides is 1. The summed E-state index contributed by atoms with van der Waals surface area (Å²) in [5, 5.41) is 4.35. The SMILES string of the molecule is Cc1nn(C)c(C)c1/C=C/C(=O)N1CCN(S(=O)(=O)c2ccc(C(C)(C)C)cc2)CC1. The van der Waals surface area contributed by atoms with Crippen molar-refractivity contribution in [1.29, 1.82) is 0 Å². The number of hydrogen-bond donors (Lipinski definition) is 0. The molecular weight excluding hydrogens is 412 g/mol. The molecule has 1 fully saturated rings. The third kappa shape index (κ3) is 4.91. The van der Waals surface area contributed by atoms with Gasteiger partial charge in [0.05, 0.1) is 10.6 Å². The van der Waals surface area contributed by atoms with Gasteiger partial charge in [0.15, 0.2) is 0 Å². The van der Waals surface area contributed by atoms with Crippen LogP contribution in [0.1, 0.15) is 43.3 Å². The molecule has 0 N–H and O–H groups in total. The van der Waals surface area contributed by atoms with Crippen LogP contribution in [0.3, 0.4) is 0 Å². The number of amides is 1. The van der Waals surface area contributed by atoms with E-state index in [1.165, 1.54) is 4.31 Å². The summed E-state index contributed by atoms with van der Waals surface area (Å²) >= 11 is 0. The van der Waals surface area contributed by atoms with Crippen molar-refractivity contribution >= 4 is 22.0 Å². The minimum atomic E-state index is -3.57. The lowest BCUT2D eigenvalue weighted by molar-refractivity contribution is -0.127. The maximum Gasteiger partial charge on any atom is 0.246 e. The van der Waals surface area contributed by atoms with Crippen LogP contribution in [-0.4, -0.2) is 59.5 Å². The fourth-order valence-electron chi connectivity index (χ4n) is 3.72. The summed E-state index contributed by atoms with van der Waals surface area (Å²) < 4.78 is 29.3. The van der Waals surface area contributed by atoms with E-state index in [4.69, 9.17) is 0 Å².